The highest BCUT2D eigenvalue weighted by Crippen LogP contribution is 2.23. The van der Waals surface area contributed by atoms with Gasteiger partial charge in [0.25, 0.3) is 0 Å². The topological polar surface area (TPSA) is 59.9 Å². The van der Waals surface area contributed by atoms with Crippen LogP contribution in [0.2, 0.25) is 5.02 Å². The summed E-state index contributed by atoms with van der Waals surface area (Å²) < 4.78 is 0. The molecular formula is C20H23ClN4O2. The minimum Gasteiger partial charge on any atom is -0.506 e. The number of likely N-dealkylation sites (tertiary alicyclic amines) is 1. The van der Waals surface area contributed by atoms with E-state index in [-0.39, 0.29) is 17.7 Å². The van der Waals surface area contributed by atoms with Crippen LogP contribution in [0.1, 0.15) is 12.0 Å². The van der Waals surface area contributed by atoms with Crippen LogP contribution in [-0.4, -0.2) is 64.6 Å². The SMILES string of the molecule is O=C1C(N2CCN(c3ccc(O)cn3)CC2)CCN1Cc1ccc(Cl)cc1. The van der Waals surface area contributed by atoms with Gasteiger partial charge in [0.2, 0.25) is 5.91 Å². The van der Waals surface area contributed by atoms with Crippen molar-refractivity contribution in [3.63, 3.8) is 0 Å². The molecule has 1 atom stereocenters. The molecule has 2 aliphatic rings. The molecule has 0 radical (unpaired) electrons. The van der Waals surface area contributed by atoms with Gasteiger partial charge in [0.05, 0.1) is 12.2 Å². The van der Waals surface area contributed by atoms with E-state index >= 15 is 0 Å². The number of carbonyl (C=O) groups excluding carboxylic acids is 1. The lowest BCUT2D eigenvalue weighted by Gasteiger charge is -2.37. The Balaban J connectivity index is 1.33. The van der Waals surface area contributed by atoms with Crippen LogP contribution in [0.15, 0.2) is 42.6 Å². The van der Waals surface area contributed by atoms with Crippen LogP contribution in [0.3, 0.4) is 0 Å². The summed E-state index contributed by atoms with van der Waals surface area (Å²) in [5.74, 6) is 1.27. The number of pyridine rings is 1. The van der Waals surface area contributed by atoms with E-state index in [1.54, 1.807) is 6.07 Å². The predicted molar refractivity (Wildman–Crippen MR) is 105 cm³/mol. The molecule has 2 aromatic rings. The Labute approximate surface area is 164 Å². The first-order valence-electron chi connectivity index (χ1n) is 9.27. The average molecular weight is 387 g/mol. The predicted octanol–water partition coefficient (Wildman–Crippen LogP) is 2.36. The Bertz CT molecular complexity index is 789. The number of rotatable bonds is 4. The lowest BCUT2D eigenvalue weighted by molar-refractivity contribution is -0.132. The van der Waals surface area contributed by atoms with E-state index in [9.17, 15) is 9.90 Å². The van der Waals surface area contributed by atoms with Gasteiger partial charge >= 0.3 is 0 Å². The molecular weight excluding hydrogens is 364 g/mol. The molecule has 7 heteroatoms. The van der Waals surface area contributed by atoms with Crippen LogP contribution in [0, 0.1) is 0 Å². The second-order valence-corrected chi connectivity index (χ2v) is 7.52. The number of halogens is 1. The van der Waals surface area contributed by atoms with E-state index in [4.69, 9.17) is 11.6 Å². The third kappa shape index (κ3) is 4.01. The third-order valence-electron chi connectivity index (χ3n) is 5.37. The van der Waals surface area contributed by atoms with Crippen molar-refractivity contribution in [2.24, 2.45) is 0 Å². The molecule has 0 bridgehead atoms. The maximum Gasteiger partial charge on any atom is 0.240 e. The van der Waals surface area contributed by atoms with Gasteiger partial charge in [-0.25, -0.2) is 4.98 Å². The number of hydrogen-bond acceptors (Lipinski definition) is 5. The Morgan fingerprint density at radius 1 is 1.04 bits per heavy atom. The Kier molecular flexibility index (Phi) is 5.18. The fourth-order valence-corrected chi connectivity index (χ4v) is 3.98. The maximum atomic E-state index is 12.9. The van der Waals surface area contributed by atoms with Crippen molar-refractivity contribution in [2.45, 2.75) is 19.0 Å². The highest BCUT2D eigenvalue weighted by atomic mass is 35.5. The summed E-state index contributed by atoms with van der Waals surface area (Å²) in [6, 6.07) is 11.2. The summed E-state index contributed by atoms with van der Waals surface area (Å²) in [6.07, 6.45) is 2.35. The Hall–Kier alpha value is -2.31. The molecule has 1 N–H and O–H groups in total. The molecule has 0 aliphatic carbocycles. The van der Waals surface area contributed by atoms with Crippen molar-refractivity contribution in [3.05, 3.63) is 53.2 Å². The van der Waals surface area contributed by atoms with Crippen molar-refractivity contribution < 1.29 is 9.90 Å². The average Bonchev–Trinajstić information content (AvgIpc) is 3.05. The number of carbonyl (C=O) groups is 1. The third-order valence-corrected chi connectivity index (χ3v) is 5.62. The second kappa shape index (κ2) is 7.74. The molecule has 1 amide bonds. The van der Waals surface area contributed by atoms with Crippen molar-refractivity contribution in [2.75, 3.05) is 37.6 Å². The van der Waals surface area contributed by atoms with Crippen molar-refractivity contribution in [3.8, 4) is 5.75 Å². The van der Waals surface area contributed by atoms with E-state index in [1.165, 1.54) is 6.20 Å². The lowest BCUT2D eigenvalue weighted by Crippen LogP contribution is -2.52. The molecule has 2 saturated heterocycles. The van der Waals surface area contributed by atoms with Gasteiger partial charge in [0.1, 0.15) is 11.6 Å². The summed E-state index contributed by atoms with van der Waals surface area (Å²) in [6.45, 7) is 4.79. The van der Waals surface area contributed by atoms with Crippen LogP contribution < -0.4 is 4.90 Å². The maximum absolute atomic E-state index is 12.9. The summed E-state index contributed by atoms with van der Waals surface area (Å²) >= 11 is 5.94. The van der Waals surface area contributed by atoms with Gasteiger partial charge in [-0.3, -0.25) is 9.69 Å². The zero-order valence-corrected chi connectivity index (χ0v) is 15.8. The van der Waals surface area contributed by atoms with Crippen LogP contribution >= 0.6 is 11.6 Å². The second-order valence-electron chi connectivity index (χ2n) is 7.09. The number of piperazine rings is 1. The fraction of sp³-hybridized carbons (Fsp3) is 0.400. The van der Waals surface area contributed by atoms with Gasteiger partial charge in [-0.2, -0.15) is 0 Å². The molecule has 2 aliphatic heterocycles. The first-order valence-corrected chi connectivity index (χ1v) is 9.65. The van der Waals surface area contributed by atoms with Gasteiger partial charge in [-0.1, -0.05) is 23.7 Å². The monoisotopic (exact) mass is 386 g/mol. The van der Waals surface area contributed by atoms with Gasteiger partial charge in [0, 0.05) is 44.3 Å². The fourth-order valence-electron chi connectivity index (χ4n) is 3.86. The van der Waals surface area contributed by atoms with Crippen molar-refractivity contribution >= 4 is 23.3 Å². The molecule has 27 heavy (non-hydrogen) atoms. The van der Waals surface area contributed by atoms with Crippen LogP contribution in [0.25, 0.3) is 0 Å². The number of aromatic nitrogens is 1. The lowest BCUT2D eigenvalue weighted by atomic mass is 10.1. The number of amides is 1. The molecule has 1 aromatic carbocycles. The number of nitrogens with zero attached hydrogens (tertiary/aromatic N) is 4. The van der Waals surface area contributed by atoms with E-state index < -0.39 is 0 Å². The van der Waals surface area contributed by atoms with Crippen molar-refractivity contribution in [1.29, 1.82) is 0 Å². The minimum absolute atomic E-state index is 0.0211. The molecule has 1 aromatic heterocycles. The molecule has 3 heterocycles. The molecule has 0 saturated carbocycles. The largest absolute Gasteiger partial charge is 0.506 e. The van der Waals surface area contributed by atoms with E-state index in [0.717, 1.165) is 50.5 Å². The highest BCUT2D eigenvalue weighted by Gasteiger charge is 2.37. The normalized spacial score (nSPS) is 21.1. The highest BCUT2D eigenvalue weighted by molar-refractivity contribution is 6.30. The van der Waals surface area contributed by atoms with Crippen LogP contribution in [-0.2, 0) is 11.3 Å². The van der Waals surface area contributed by atoms with Gasteiger partial charge in [0.15, 0.2) is 0 Å². The number of benzene rings is 1. The quantitative estimate of drug-likeness (QED) is 0.874. The van der Waals surface area contributed by atoms with E-state index in [1.807, 2.05) is 35.2 Å². The van der Waals surface area contributed by atoms with E-state index in [0.29, 0.717) is 11.6 Å². The molecule has 1 unspecified atom stereocenters. The summed E-state index contributed by atoms with van der Waals surface area (Å²) in [7, 11) is 0. The van der Waals surface area contributed by atoms with Gasteiger partial charge in [-0.15, -0.1) is 0 Å². The molecule has 2 fully saturated rings. The number of hydrogen-bond donors (Lipinski definition) is 1. The van der Waals surface area contributed by atoms with Crippen LogP contribution in [0.5, 0.6) is 5.75 Å². The zero-order valence-electron chi connectivity index (χ0n) is 15.1. The molecule has 4 rings (SSSR count). The summed E-state index contributed by atoms with van der Waals surface area (Å²) in [5, 5.41) is 10.1. The molecule has 142 valence electrons. The Morgan fingerprint density at radius 3 is 2.44 bits per heavy atom. The standard InChI is InChI=1S/C20H23ClN4O2/c21-16-3-1-15(2-4-16)14-25-8-7-18(20(25)27)23-9-11-24(12-10-23)19-6-5-17(26)13-22-19/h1-6,13,18,26H,7-12,14H2. The summed E-state index contributed by atoms with van der Waals surface area (Å²) in [4.78, 5) is 23.6. The van der Waals surface area contributed by atoms with Crippen LogP contribution in [0.4, 0.5) is 5.82 Å². The first kappa shape index (κ1) is 18.1. The minimum atomic E-state index is -0.0211. The number of anilines is 1. The Morgan fingerprint density at radius 2 is 1.78 bits per heavy atom. The number of aromatic hydroxyl groups is 1. The summed E-state index contributed by atoms with van der Waals surface area (Å²) in [5.41, 5.74) is 1.11. The van der Waals surface area contributed by atoms with Gasteiger partial charge < -0.3 is 14.9 Å². The van der Waals surface area contributed by atoms with E-state index in [2.05, 4.69) is 14.8 Å². The molecule has 6 nitrogen and oxygen atoms in total. The van der Waals surface area contributed by atoms with Gasteiger partial charge in [-0.05, 0) is 36.2 Å². The van der Waals surface area contributed by atoms with Crippen molar-refractivity contribution in [1.82, 2.24) is 14.8 Å². The first-order chi connectivity index (χ1) is 13.1. The smallest absolute Gasteiger partial charge is 0.240 e. The zero-order chi connectivity index (χ0) is 18.8. The molecule has 0 spiro atoms.